The van der Waals surface area contributed by atoms with E-state index in [0.717, 1.165) is 6.42 Å². The van der Waals surface area contributed by atoms with Gasteiger partial charge in [0, 0.05) is 5.92 Å². The number of allylic oxidation sites excluding steroid dienone is 4. The Balaban J connectivity index is 1.63. The van der Waals surface area contributed by atoms with Gasteiger partial charge in [-0.3, -0.25) is 0 Å². The molecule has 1 heterocycles. The molecule has 3 aliphatic rings. The fraction of sp³-hybridized carbons (Fsp3) is 0.280. The van der Waals surface area contributed by atoms with Crippen LogP contribution in [0.3, 0.4) is 0 Å². The molecule has 1 N–H and O–H groups in total. The van der Waals surface area contributed by atoms with Crippen molar-refractivity contribution in [3.63, 3.8) is 0 Å². The third-order valence-corrected chi connectivity index (χ3v) is 11.0. The molecule has 0 spiro atoms. The zero-order valence-corrected chi connectivity index (χ0v) is 17.5. The summed E-state index contributed by atoms with van der Waals surface area (Å²) < 4.78 is 2.68. The zero-order valence-electron chi connectivity index (χ0n) is 16.5. The Morgan fingerprint density at radius 3 is 2.11 bits per heavy atom. The minimum atomic E-state index is -1.93. The number of benzene rings is 2. The van der Waals surface area contributed by atoms with Crippen LogP contribution in [-0.2, 0) is 0 Å². The van der Waals surface area contributed by atoms with Gasteiger partial charge in [-0.2, -0.15) is 0 Å². The van der Waals surface area contributed by atoms with Gasteiger partial charge in [-0.25, -0.2) is 0 Å². The maximum absolute atomic E-state index is 5.96. The lowest BCUT2D eigenvalue weighted by Crippen LogP contribution is -2.52. The lowest BCUT2D eigenvalue weighted by molar-refractivity contribution is 0.495. The monoisotopic (exact) mass is 382 g/mol. The largest absolute Gasteiger partial charge is 0.366 e. The Hall–Kier alpha value is -2.70. The van der Waals surface area contributed by atoms with Crippen molar-refractivity contribution in [2.45, 2.75) is 25.1 Å². The van der Waals surface area contributed by atoms with Crippen LogP contribution in [0.15, 0.2) is 72.8 Å². The third kappa shape index (κ3) is 2.48. The molecule has 2 aliphatic carbocycles. The van der Waals surface area contributed by atoms with Crippen molar-refractivity contribution in [1.82, 2.24) is 0 Å². The van der Waals surface area contributed by atoms with E-state index in [1.807, 2.05) is 0 Å². The van der Waals surface area contributed by atoms with E-state index < -0.39 is 8.24 Å². The summed E-state index contributed by atoms with van der Waals surface area (Å²) in [5.74, 6) is 4.49. The summed E-state index contributed by atoms with van der Waals surface area (Å²) in [7, 11) is -1.93. The first-order chi connectivity index (χ1) is 13.6. The standard InChI is InChI=1S/C25H26N2Si/c1-4-18-17-25(20-12-6-5-11-19(18)20)28(2,3)27-23-15-9-7-13-21(23)26-22-14-8-10-16-24(22)27/h1,5-16,18-20,25-26H,17H2,2-3H3/t18-,19-,20-,25?/m0/s1. The average molecular weight is 383 g/mol. The molecule has 1 fully saturated rings. The molecule has 5 rings (SSSR count). The molecule has 0 amide bonds. The summed E-state index contributed by atoms with van der Waals surface area (Å²) in [5, 5.41) is 3.63. The van der Waals surface area contributed by atoms with Crippen LogP contribution in [0, 0.1) is 30.1 Å². The first kappa shape index (κ1) is 17.4. The number of hydrogen-bond donors (Lipinski definition) is 1. The Morgan fingerprint density at radius 2 is 1.50 bits per heavy atom. The summed E-state index contributed by atoms with van der Waals surface area (Å²) in [6.45, 7) is 5.05. The number of terminal acetylenes is 1. The molecular weight excluding hydrogens is 356 g/mol. The highest BCUT2D eigenvalue weighted by Gasteiger charge is 2.52. The van der Waals surface area contributed by atoms with E-state index in [0.29, 0.717) is 23.3 Å². The van der Waals surface area contributed by atoms with Gasteiger partial charge >= 0.3 is 0 Å². The van der Waals surface area contributed by atoms with Crippen LogP contribution in [0.4, 0.5) is 22.7 Å². The molecule has 0 saturated heterocycles. The molecule has 0 radical (unpaired) electrons. The van der Waals surface area contributed by atoms with Crippen molar-refractivity contribution >= 4 is 31.0 Å². The number of hydrogen-bond acceptors (Lipinski definition) is 2. The summed E-state index contributed by atoms with van der Waals surface area (Å²) in [6, 6.07) is 17.4. The van der Waals surface area contributed by atoms with Gasteiger partial charge < -0.3 is 9.88 Å². The molecule has 4 atom stereocenters. The summed E-state index contributed by atoms with van der Waals surface area (Å²) in [5.41, 5.74) is 5.61. The van der Waals surface area contributed by atoms with Crippen molar-refractivity contribution in [2.24, 2.45) is 17.8 Å². The Kier molecular flexibility index (Phi) is 3.99. The van der Waals surface area contributed by atoms with Gasteiger partial charge in [0.25, 0.3) is 0 Å². The van der Waals surface area contributed by atoms with Crippen LogP contribution in [0.2, 0.25) is 18.6 Å². The van der Waals surface area contributed by atoms with Crippen LogP contribution < -0.4 is 9.88 Å². The number of nitrogens with one attached hydrogen (secondary N) is 1. The summed E-state index contributed by atoms with van der Waals surface area (Å²) in [4.78, 5) is 0. The highest BCUT2D eigenvalue weighted by molar-refractivity contribution is 6.84. The number of anilines is 4. The molecule has 2 aromatic rings. The predicted octanol–water partition coefficient (Wildman–Crippen LogP) is 6.47. The van der Waals surface area contributed by atoms with Gasteiger partial charge in [-0.1, -0.05) is 61.7 Å². The Bertz CT molecular complexity index is 968. The molecule has 140 valence electrons. The quantitative estimate of drug-likeness (QED) is 0.473. The highest BCUT2D eigenvalue weighted by atomic mass is 28.3. The molecule has 1 unspecified atom stereocenters. The second-order valence-corrected chi connectivity index (χ2v) is 13.2. The van der Waals surface area contributed by atoms with Crippen LogP contribution in [0.1, 0.15) is 6.42 Å². The second-order valence-electron chi connectivity index (χ2n) is 8.69. The smallest absolute Gasteiger partial charge is 0.160 e. The van der Waals surface area contributed by atoms with E-state index in [9.17, 15) is 0 Å². The van der Waals surface area contributed by atoms with Crippen molar-refractivity contribution in [3.8, 4) is 12.3 Å². The normalized spacial score (nSPS) is 27.4. The van der Waals surface area contributed by atoms with Gasteiger partial charge in [-0.05, 0) is 48.1 Å². The number of para-hydroxylation sites is 4. The van der Waals surface area contributed by atoms with E-state index in [4.69, 9.17) is 6.42 Å². The minimum Gasteiger partial charge on any atom is -0.366 e. The van der Waals surface area contributed by atoms with Crippen LogP contribution in [0.5, 0.6) is 0 Å². The Labute approximate surface area is 169 Å². The fourth-order valence-electron chi connectivity index (χ4n) is 5.58. The molecule has 2 aromatic carbocycles. The zero-order chi connectivity index (χ0) is 19.3. The predicted molar refractivity (Wildman–Crippen MR) is 122 cm³/mol. The van der Waals surface area contributed by atoms with E-state index in [1.165, 1.54) is 22.7 Å². The SMILES string of the molecule is C#C[C@H]1CC([Si](C)(C)N2c3ccccc3Nc3ccccc32)[C@H]2C=CC=C[C@H]21. The Morgan fingerprint density at radius 1 is 0.929 bits per heavy atom. The first-order valence-corrected chi connectivity index (χ1v) is 13.2. The van der Waals surface area contributed by atoms with Gasteiger partial charge in [0.05, 0.1) is 22.7 Å². The number of rotatable bonds is 2. The number of nitrogens with zero attached hydrogens (tertiary/aromatic N) is 1. The fourth-order valence-corrected chi connectivity index (χ4v) is 9.65. The van der Waals surface area contributed by atoms with E-state index in [1.54, 1.807) is 0 Å². The highest BCUT2D eigenvalue weighted by Crippen LogP contribution is 2.56. The molecule has 0 bridgehead atoms. The maximum atomic E-state index is 5.96. The molecule has 2 nitrogen and oxygen atoms in total. The van der Waals surface area contributed by atoms with Crippen molar-refractivity contribution in [3.05, 3.63) is 72.8 Å². The van der Waals surface area contributed by atoms with Gasteiger partial charge in [-0.15, -0.1) is 12.3 Å². The average Bonchev–Trinajstić information content (AvgIpc) is 3.11. The van der Waals surface area contributed by atoms with Crippen molar-refractivity contribution in [2.75, 3.05) is 9.88 Å². The topological polar surface area (TPSA) is 15.3 Å². The van der Waals surface area contributed by atoms with Gasteiger partial charge in [0.2, 0.25) is 0 Å². The summed E-state index contributed by atoms with van der Waals surface area (Å²) in [6.07, 6.45) is 16.2. The van der Waals surface area contributed by atoms with Crippen LogP contribution >= 0.6 is 0 Å². The minimum absolute atomic E-state index is 0.344. The molecule has 28 heavy (non-hydrogen) atoms. The number of fused-ring (bicyclic) bond motifs is 3. The van der Waals surface area contributed by atoms with Gasteiger partial charge in [0.1, 0.15) is 0 Å². The van der Waals surface area contributed by atoms with Crippen LogP contribution in [-0.4, -0.2) is 8.24 Å². The van der Waals surface area contributed by atoms with Crippen molar-refractivity contribution < 1.29 is 0 Å². The first-order valence-electron chi connectivity index (χ1n) is 10.2. The third-order valence-electron chi connectivity index (χ3n) is 6.92. The van der Waals surface area contributed by atoms with E-state index in [-0.39, 0.29) is 0 Å². The molecule has 1 aliphatic heterocycles. The van der Waals surface area contributed by atoms with Crippen molar-refractivity contribution in [1.29, 1.82) is 0 Å². The molecule has 1 saturated carbocycles. The van der Waals surface area contributed by atoms with Crippen LogP contribution in [0.25, 0.3) is 0 Å². The maximum Gasteiger partial charge on any atom is 0.160 e. The summed E-state index contributed by atoms with van der Waals surface area (Å²) >= 11 is 0. The van der Waals surface area contributed by atoms with Gasteiger partial charge in [0.15, 0.2) is 8.24 Å². The second kappa shape index (κ2) is 6.43. The molecule has 0 aromatic heterocycles. The van der Waals surface area contributed by atoms with E-state index in [2.05, 4.69) is 102 Å². The molecular formula is C25H26N2Si. The lowest BCUT2D eigenvalue weighted by Gasteiger charge is -2.48. The molecule has 3 heteroatoms. The van der Waals surface area contributed by atoms with E-state index >= 15 is 0 Å². The lowest BCUT2D eigenvalue weighted by atomic mass is 9.87.